The first-order valence-electron chi connectivity index (χ1n) is 15.1. The summed E-state index contributed by atoms with van der Waals surface area (Å²) in [7, 11) is 0. The molecule has 4 rings (SSSR count). The Morgan fingerprint density at radius 1 is 1.00 bits per heavy atom. The molecule has 0 heterocycles. The summed E-state index contributed by atoms with van der Waals surface area (Å²) in [4.78, 5) is 0. The van der Waals surface area contributed by atoms with Crippen LogP contribution >= 0.6 is 0 Å². The Kier molecular flexibility index (Phi) is 12.3. The first-order valence-corrected chi connectivity index (χ1v) is 15.1. The van der Waals surface area contributed by atoms with E-state index in [1.807, 2.05) is 13.8 Å². The molecular formula is C32H62OU. The summed E-state index contributed by atoms with van der Waals surface area (Å²) in [6, 6.07) is 0. The van der Waals surface area contributed by atoms with Crippen molar-refractivity contribution in [3.05, 3.63) is 11.6 Å². The third-order valence-electron chi connectivity index (χ3n) is 10.8. The summed E-state index contributed by atoms with van der Waals surface area (Å²) < 4.78 is 6.19. The Hall–Kier alpha value is 0.752. The minimum absolute atomic E-state index is 0. The van der Waals surface area contributed by atoms with E-state index in [1.165, 1.54) is 70.6 Å². The molecule has 4 aliphatic rings. The van der Waals surface area contributed by atoms with Gasteiger partial charge >= 0.3 is 0 Å². The largest absolute Gasteiger partial charge is 0.378 e. The van der Waals surface area contributed by atoms with Crippen LogP contribution in [0.25, 0.3) is 0 Å². The Labute approximate surface area is 240 Å². The predicted octanol–water partition coefficient (Wildman–Crippen LogP) is 10.3. The van der Waals surface area contributed by atoms with Gasteiger partial charge in [-0.1, -0.05) is 86.3 Å². The number of ether oxygens (including phenoxy) is 1. The SMILES string of the molecule is CC.CCCO[C@H]1CC[C@@]2(C)C(=CC[C@@H]3C2CC[C@@]2(C)C3CC[C@@H]2[C@H](C)CCCC(C)C)C1.[HH].[HH].[U]. The normalized spacial score (nSPS) is 39.6. The molecule has 0 aromatic carbocycles. The second kappa shape index (κ2) is 13.5. The smallest absolute Gasteiger partial charge is 0.0612 e. The fourth-order valence-corrected chi connectivity index (χ4v) is 9.08. The summed E-state index contributed by atoms with van der Waals surface area (Å²) in [6.07, 6.45) is 19.9. The van der Waals surface area contributed by atoms with Gasteiger partial charge in [0.15, 0.2) is 0 Å². The van der Waals surface area contributed by atoms with E-state index < -0.39 is 0 Å². The molecule has 0 radical (unpaired) electrons. The number of allylic oxidation sites excluding steroid dienone is 1. The van der Waals surface area contributed by atoms with E-state index in [-0.39, 0.29) is 34.0 Å². The fraction of sp³-hybridized carbons (Fsp3) is 0.938. The van der Waals surface area contributed by atoms with Gasteiger partial charge in [0.25, 0.3) is 0 Å². The van der Waals surface area contributed by atoms with Crippen molar-refractivity contribution in [2.45, 2.75) is 139 Å². The van der Waals surface area contributed by atoms with Gasteiger partial charge in [-0.2, -0.15) is 0 Å². The molecule has 0 aromatic rings. The monoisotopic (exact) mass is 701 g/mol. The van der Waals surface area contributed by atoms with Gasteiger partial charge in [0.2, 0.25) is 0 Å². The number of hydrogen-bond donors (Lipinski definition) is 0. The predicted molar refractivity (Wildman–Crippen MR) is 149 cm³/mol. The van der Waals surface area contributed by atoms with Crippen LogP contribution in [-0.2, 0) is 4.74 Å². The topological polar surface area (TPSA) is 9.23 Å². The zero-order valence-corrected chi connectivity index (χ0v) is 28.4. The van der Waals surface area contributed by atoms with E-state index in [4.69, 9.17) is 4.74 Å². The van der Waals surface area contributed by atoms with E-state index in [2.05, 4.69) is 47.6 Å². The van der Waals surface area contributed by atoms with Crippen molar-refractivity contribution >= 4 is 0 Å². The van der Waals surface area contributed by atoms with Crippen molar-refractivity contribution < 1.29 is 38.7 Å². The second-order valence-corrected chi connectivity index (χ2v) is 13.0. The van der Waals surface area contributed by atoms with Gasteiger partial charge in [0.1, 0.15) is 0 Å². The summed E-state index contributed by atoms with van der Waals surface area (Å²) in [5, 5.41) is 0. The van der Waals surface area contributed by atoms with E-state index in [1.54, 1.807) is 5.57 Å². The molecule has 34 heavy (non-hydrogen) atoms. The van der Waals surface area contributed by atoms with Crippen molar-refractivity contribution in [3.63, 3.8) is 0 Å². The molecule has 3 saturated carbocycles. The number of rotatable bonds is 8. The third-order valence-corrected chi connectivity index (χ3v) is 10.8. The van der Waals surface area contributed by atoms with Gasteiger partial charge in [0.05, 0.1) is 6.10 Å². The van der Waals surface area contributed by atoms with Crippen LogP contribution in [0.3, 0.4) is 0 Å². The molecule has 0 aliphatic heterocycles. The summed E-state index contributed by atoms with van der Waals surface area (Å²) in [5.74, 6) is 5.62. The minimum atomic E-state index is 0. The van der Waals surface area contributed by atoms with Crippen LogP contribution in [-0.4, -0.2) is 12.7 Å². The average molecular weight is 701 g/mol. The molecule has 0 N–H and O–H groups in total. The van der Waals surface area contributed by atoms with Crippen LogP contribution in [0.15, 0.2) is 11.6 Å². The van der Waals surface area contributed by atoms with E-state index in [0.717, 1.165) is 48.5 Å². The van der Waals surface area contributed by atoms with Crippen LogP contribution in [0.2, 0.25) is 0 Å². The molecule has 2 unspecified atom stereocenters. The van der Waals surface area contributed by atoms with Crippen molar-refractivity contribution in [3.8, 4) is 0 Å². The van der Waals surface area contributed by atoms with Gasteiger partial charge in [0, 0.05) is 40.6 Å². The molecule has 4 aliphatic carbocycles. The van der Waals surface area contributed by atoms with E-state index in [9.17, 15) is 0 Å². The maximum atomic E-state index is 6.19. The quantitative estimate of drug-likeness (QED) is 0.229. The molecule has 8 atom stereocenters. The fourth-order valence-electron chi connectivity index (χ4n) is 9.08. The Balaban J connectivity index is 0.00000239. The summed E-state index contributed by atoms with van der Waals surface area (Å²) in [6.45, 7) is 19.9. The van der Waals surface area contributed by atoms with Crippen molar-refractivity contribution in [2.24, 2.45) is 46.3 Å². The van der Waals surface area contributed by atoms with Crippen LogP contribution in [0.5, 0.6) is 0 Å². The first kappa shape index (κ1) is 31.0. The maximum absolute atomic E-state index is 6.19. The molecule has 1 nitrogen and oxygen atoms in total. The second-order valence-electron chi connectivity index (χ2n) is 13.0. The number of hydrogen-bond acceptors (Lipinski definition) is 1. The maximum Gasteiger partial charge on any atom is 0.0612 e. The van der Waals surface area contributed by atoms with Crippen LogP contribution < -0.4 is 0 Å². The summed E-state index contributed by atoms with van der Waals surface area (Å²) >= 11 is 0. The molecule has 0 spiro atoms. The third kappa shape index (κ3) is 6.24. The number of fused-ring (bicyclic) bond motifs is 5. The van der Waals surface area contributed by atoms with E-state index >= 15 is 0 Å². The molecule has 0 aromatic heterocycles. The molecular weight excluding hydrogens is 638 g/mol. The van der Waals surface area contributed by atoms with Gasteiger partial charge in [-0.05, 0) is 104 Å². The summed E-state index contributed by atoms with van der Waals surface area (Å²) in [5.41, 5.74) is 2.86. The molecule has 0 amide bonds. The van der Waals surface area contributed by atoms with Gasteiger partial charge in [-0.15, -0.1) is 0 Å². The van der Waals surface area contributed by atoms with Crippen LogP contribution in [0.1, 0.15) is 135 Å². The van der Waals surface area contributed by atoms with Gasteiger partial charge in [-0.3, -0.25) is 0 Å². The molecule has 3 fully saturated rings. The Morgan fingerprint density at radius 3 is 2.41 bits per heavy atom. The van der Waals surface area contributed by atoms with Crippen molar-refractivity contribution in [2.75, 3.05) is 6.61 Å². The van der Waals surface area contributed by atoms with Crippen molar-refractivity contribution in [1.82, 2.24) is 0 Å². The van der Waals surface area contributed by atoms with Crippen LogP contribution in [0.4, 0.5) is 0 Å². The zero-order valence-electron chi connectivity index (χ0n) is 24.2. The van der Waals surface area contributed by atoms with Crippen molar-refractivity contribution in [1.29, 1.82) is 0 Å². The Morgan fingerprint density at radius 2 is 1.74 bits per heavy atom. The molecule has 0 saturated heterocycles. The first-order chi connectivity index (χ1) is 15.8. The van der Waals surface area contributed by atoms with Gasteiger partial charge < -0.3 is 4.74 Å². The molecule has 2 heteroatoms. The zero-order chi connectivity index (χ0) is 24.2. The molecule has 0 bridgehead atoms. The molecule has 200 valence electrons. The standard InChI is InChI=1S/C30H52O.C2H6.U.2H2/c1-7-19-31-24-15-17-29(5)23(20-24)11-12-25-27-14-13-26(22(4)10-8-9-21(2)3)30(27,6)18-16-28(25)29;1-2;;;/h11,21-22,24-28H,7-10,12-20H2,1-6H3;1-2H3;;2*1H/t22-,24+,25+,26-,27?,28?,29+,30-;;;;/m1..../s1. The van der Waals surface area contributed by atoms with Crippen LogP contribution in [0, 0.1) is 77.5 Å². The Bertz CT molecular complexity index is 652. The average Bonchev–Trinajstić information content (AvgIpc) is 3.16. The van der Waals surface area contributed by atoms with Gasteiger partial charge in [-0.25, -0.2) is 0 Å². The van der Waals surface area contributed by atoms with E-state index in [0.29, 0.717) is 16.9 Å². The minimum Gasteiger partial charge on any atom is -0.378 e.